The van der Waals surface area contributed by atoms with Crippen molar-refractivity contribution >= 4 is 17.3 Å². The van der Waals surface area contributed by atoms with E-state index in [-0.39, 0.29) is 18.1 Å². The molecule has 2 aromatic carbocycles. The van der Waals surface area contributed by atoms with Crippen LogP contribution < -0.4 is 19.7 Å². The molecule has 8 nitrogen and oxygen atoms in total. The maximum atomic E-state index is 12.9. The number of carbonyl (C=O) groups excluding carboxylic acids is 1. The molecule has 4 rings (SSSR count). The molecule has 29 heavy (non-hydrogen) atoms. The van der Waals surface area contributed by atoms with E-state index >= 15 is 0 Å². The second-order valence-corrected chi connectivity index (χ2v) is 7.17. The smallest absolute Gasteiger partial charge is 0.270 e. The van der Waals surface area contributed by atoms with Gasteiger partial charge in [-0.2, -0.15) is 0 Å². The summed E-state index contributed by atoms with van der Waals surface area (Å²) in [7, 11) is 0. The fraction of sp³-hybridized carbons (Fsp3) is 0.381. The highest BCUT2D eigenvalue weighted by atomic mass is 16.6. The van der Waals surface area contributed by atoms with Crippen LogP contribution in [0.25, 0.3) is 0 Å². The minimum absolute atomic E-state index is 0.0877. The first-order valence-corrected chi connectivity index (χ1v) is 9.82. The van der Waals surface area contributed by atoms with Crippen molar-refractivity contribution in [2.45, 2.75) is 25.8 Å². The normalized spacial score (nSPS) is 15.7. The number of rotatable bonds is 5. The Balaban J connectivity index is 1.53. The van der Waals surface area contributed by atoms with Crippen LogP contribution in [0.4, 0.5) is 11.4 Å². The fourth-order valence-corrected chi connectivity index (χ4v) is 3.71. The first-order chi connectivity index (χ1) is 14.1. The van der Waals surface area contributed by atoms with E-state index in [4.69, 9.17) is 9.47 Å². The third-order valence-electron chi connectivity index (χ3n) is 5.19. The van der Waals surface area contributed by atoms with E-state index in [1.165, 1.54) is 12.1 Å². The first kappa shape index (κ1) is 19.0. The van der Waals surface area contributed by atoms with E-state index in [0.717, 1.165) is 43.6 Å². The number of anilines is 1. The summed E-state index contributed by atoms with van der Waals surface area (Å²) in [5.41, 5.74) is 1.86. The third kappa shape index (κ3) is 4.26. The zero-order valence-electron chi connectivity index (χ0n) is 16.1. The molecule has 0 aromatic heterocycles. The van der Waals surface area contributed by atoms with Gasteiger partial charge in [0.2, 0.25) is 0 Å². The van der Waals surface area contributed by atoms with Gasteiger partial charge in [-0.15, -0.1) is 0 Å². The maximum absolute atomic E-state index is 12.9. The molecule has 2 heterocycles. The standard InChI is InChI=1S/C21H23N3O5/c25-21(22-14-15-4-7-19-20(12-15)29-11-10-28-19)17-13-16(24(26)27)5-6-18(17)23-8-2-1-3-9-23/h4-7,12-13H,1-3,8-11,14H2,(H,22,25). The van der Waals surface area contributed by atoms with Crippen molar-refractivity contribution in [3.8, 4) is 11.5 Å². The predicted octanol–water partition coefficient (Wildman–Crippen LogP) is 3.29. The number of non-ortho nitro benzene ring substituents is 1. The molecule has 0 aliphatic carbocycles. The lowest BCUT2D eigenvalue weighted by Gasteiger charge is -2.30. The number of ether oxygens (including phenoxy) is 2. The average molecular weight is 397 g/mol. The van der Waals surface area contributed by atoms with Crippen LogP contribution in [0.2, 0.25) is 0 Å². The quantitative estimate of drug-likeness (QED) is 0.615. The molecule has 0 saturated carbocycles. The number of carbonyl (C=O) groups is 1. The SMILES string of the molecule is O=C(NCc1ccc2c(c1)OCCO2)c1cc([N+](=O)[O-])ccc1N1CCCCC1. The Hall–Kier alpha value is -3.29. The van der Waals surface area contributed by atoms with Gasteiger partial charge in [0, 0.05) is 31.8 Å². The van der Waals surface area contributed by atoms with Crippen LogP contribution in [0.1, 0.15) is 35.2 Å². The second-order valence-electron chi connectivity index (χ2n) is 7.17. The van der Waals surface area contributed by atoms with Gasteiger partial charge in [0.05, 0.1) is 16.2 Å². The lowest BCUT2D eigenvalue weighted by Crippen LogP contribution is -2.32. The van der Waals surface area contributed by atoms with Crippen LogP contribution in [-0.2, 0) is 6.54 Å². The number of hydrogen-bond donors (Lipinski definition) is 1. The molecule has 1 amide bonds. The van der Waals surface area contributed by atoms with Crippen LogP contribution in [0.15, 0.2) is 36.4 Å². The molecule has 2 aliphatic rings. The maximum Gasteiger partial charge on any atom is 0.270 e. The van der Waals surface area contributed by atoms with E-state index in [2.05, 4.69) is 10.2 Å². The Morgan fingerprint density at radius 3 is 2.55 bits per heavy atom. The van der Waals surface area contributed by atoms with Gasteiger partial charge in [-0.3, -0.25) is 14.9 Å². The van der Waals surface area contributed by atoms with Crippen LogP contribution in [0.5, 0.6) is 11.5 Å². The van der Waals surface area contributed by atoms with Gasteiger partial charge >= 0.3 is 0 Å². The van der Waals surface area contributed by atoms with E-state index < -0.39 is 4.92 Å². The molecule has 2 aliphatic heterocycles. The summed E-state index contributed by atoms with van der Waals surface area (Å²) in [5, 5.41) is 14.1. The number of fused-ring (bicyclic) bond motifs is 1. The van der Waals surface area contributed by atoms with E-state index in [0.29, 0.717) is 30.3 Å². The molecule has 0 radical (unpaired) electrons. The zero-order valence-corrected chi connectivity index (χ0v) is 16.1. The fourth-order valence-electron chi connectivity index (χ4n) is 3.71. The van der Waals surface area contributed by atoms with E-state index in [1.54, 1.807) is 6.07 Å². The van der Waals surface area contributed by atoms with Crippen molar-refractivity contribution in [1.82, 2.24) is 5.32 Å². The number of nitrogens with zero attached hydrogens (tertiary/aromatic N) is 2. The van der Waals surface area contributed by atoms with Crippen LogP contribution in [0, 0.1) is 10.1 Å². The molecule has 0 atom stereocenters. The highest BCUT2D eigenvalue weighted by molar-refractivity contribution is 6.00. The summed E-state index contributed by atoms with van der Waals surface area (Å²) < 4.78 is 11.1. The first-order valence-electron chi connectivity index (χ1n) is 9.82. The highest BCUT2D eigenvalue weighted by Crippen LogP contribution is 2.31. The van der Waals surface area contributed by atoms with E-state index in [1.807, 2.05) is 18.2 Å². The van der Waals surface area contributed by atoms with Crippen molar-refractivity contribution in [2.75, 3.05) is 31.2 Å². The van der Waals surface area contributed by atoms with Gasteiger partial charge in [-0.25, -0.2) is 0 Å². The molecule has 152 valence electrons. The molecule has 1 fully saturated rings. The van der Waals surface area contributed by atoms with E-state index in [9.17, 15) is 14.9 Å². The largest absolute Gasteiger partial charge is 0.486 e. The summed E-state index contributed by atoms with van der Waals surface area (Å²) in [5.74, 6) is 1.02. The Kier molecular flexibility index (Phi) is 5.50. The second kappa shape index (κ2) is 8.38. The van der Waals surface area contributed by atoms with Crippen molar-refractivity contribution < 1.29 is 19.2 Å². The van der Waals surface area contributed by atoms with Crippen molar-refractivity contribution in [1.29, 1.82) is 0 Å². The molecule has 0 spiro atoms. The van der Waals surface area contributed by atoms with Crippen LogP contribution in [-0.4, -0.2) is 37.1 Å². The van der Waals surface area contributed by atoms with Crippen molar-refractivity contribution in [2.24, 2.45) is 0 Å². The summed E-state index contributed by atoms with van der Waals surface area (Å²) >= 11 is 0. The zero-order chi connectivity index (χ0) is 20.2. The molecular weight excluding hydrogens is 374 g/mol. The topological polar surface area (TPSA) is 93.9 Å². The monoisotopic (exact) mass is 397 g/mol. The molecule has 0 unspecified atom stereocenters. The molecule has 0 bridgehead atoms. The van der Waals surface area contributed by atoms with Crippen molar-refractivity contribution in [3.05, 3.63) is 57.6 Å². The molecular formula is C21H23N3O5. The van der Waals surface area contributed by atoms with Gasteiger partial charge in [0.25, 0.3) is 11.6 Å². The number of nitro benzene ring substituents is 1. The molecule has 2 aromatic rings. The lowest BCUT2D eigenvalue weighted by atomic mass is 10.1. The van der Waals surface area contributed by atoms with Crippen LogP contribution in [0.3, 0.4) is 0 Å². The number of piperidine rings is 1. The van der Waals surface area contributed by atoms with Gasteiger partial charge in [0.1, 0.15) is 13.2 Å². The number of benzene rings is 2. The molecule has 1 N–H and O–H groups in total. The number of amides is 1. The lowest BCUT2D eigenvalue weighted by molar-refractivity contribution is -0.384. The molecule has 8 heteroatoms. The summed E-state index contributed by atoms with van der Waals surface area (Å²) in [6.07, 6.45) is 3.26. The Morgan fingerprint density at radius 1 is 1.03 bits per heavy atom. The number of hydrogen-bond acceptors (Lipinski definition) is 6. The summed E-state index contributed by atoms with van der Waals surface area (Å²) in [4.78, 5) is 25.8. The Morgan fingerprint density at radius 2 is 1.79 bits per heavy atom. The minimum Gasteiger partial charge on any atom is -0.486 e. The van der Waals surface area contributed by atoms with Crippen molar-refractivity contribution in [3.63, 3.8) is 0 Å². The van der Waals surface area contributed by atoms with Gasteiger partial charge < -0.3 is 19.7 Å². The minimum atomic E-state index is -0.475. The third-order valence-corrected chi connectivity index (χ3v) is 5.19. The van der Waals surface area contributed by atoms with Gasteiger partial charge in [-0.05, 0) is 43.0 Å². The summed E-state index contributed by atoms with van der Waals surface area (Å²) in [6, 6.07) is 10.0. The van der Waals surface area contributed by atoms with Gasteiger partial charge in [0.15, 0.2) is 11.5 Å². The Bertz CT molecular complexity index is 925. The number of nitro groups is 1. The van der Waals surface area contributed by atoms with Crippen LogP contribution >= 0.6 is 0 Å². The predicted molar refractivity (Wildman–Crippen MR) is 108 cm³/mol. The van der Waals surface area contributed by atoms with Gasteiger partial charge in [-0.1, -0.05) is 6.07 Å². The summed E-state index contributed by atoms with van der Waals surface area (Å²) in [6.45, 7) is 3.00. The number of nitrogens with one attached hydrogen (secondary N) is 1. The Labute approximate surface area is 168 Å². The highest BCUT2D eigenvalue weighted by Gasteiger charge is 2.22. The molecule has 1 saturated heterocycles. The average Bonchev–Trinajstić information content (AvgIpc) is 2.77.